The van der Waals surface area contributed by atoms with E-state index < -0.39 is 0 Å². The van der Waals surface area contributed by atoms with Crippen molar-refractivity contribution in [2.24, 2.45) is 0 Å². The SMILES string of the molecule is CC(C)Oc1ccc(N2CC3(CCN(c4ccc(OCCCN5CCCC5)cc4)CC3)OCC2=O)cn1. The van der Waals surface area contributed by atoms with Gasteiger partial charge in [-0.3, -0.25) is 4.79 Å². The molecule has 1 amide bonds. The van der Waals surface area contributed by atoms with Gasteiger partial charge in [0.2, 0.25) is 5.88 Å². The third kappa shape index (κ3) is 6.54. The topological polar surface area (TPSA) is 67.4 Å². The van der Waals surface area contributed by atoms with Crippen LogP contribution in [0, 0.1) is 0 Å². The highest BCUT2D eigenvalue weighted by molar-refractivity contribution is 5.95. The van der Waals surface area contributed by atoms with Crippen molar-refractivity contribution in [2.75, 3.05) is 62.3 Å². The monoisotopic (exact) mass is 508 g/mol. The van der Waals surface area contributed by atoms with E-state index in [-0.39, 0.29) is 24.2 Å². The first kappa shape index (κ1) is 25.8. The number of nitrogens with zero attached hydrogens (tertiary/aromatic N) is 4. The summed E-state index contributed by atoms with van der Waals surface area (Å²) < 4.78 is 17.8. The van der Waals surface area contributed by atoms with Crippen LogP contribution in [-0.4, -0.2) is 80.0 Å². The number of likely N-dealkylation sites (tertiary alicyclic amines) is 1. The van der Waals surface area contributed by atoms with E-state index in [9.17, 15) is 4.79 Å². The molecular formula is C29H40N4O4. The Balaban J connectivity index is 1.11. The van der Waals surface area contributed by atoms with E-state index in [2.05, 4.69) is 39.0 Å². The van der Waals surface area contributed by atoms with Crippen LogP contribution in [0.5, 0.6) is 11.6 Å². The molecule has 3 saturated heterocycles. The van der Waals surface area contributed by atoms with Crippen molar-refractivity contribution in [1.82, 2.24) is 9.88 Å². The Labute approximate surface area is 220 Å². The second kappa shape index (κ2) is 11.7. The average Bonchev–Trinajstić information content (AvgIpc) is 3.43. The quantitative estimate of drug-likeness (QED) is 0.472. The molecule has 0 radical (unpaired) electrons. The highest BCUT2D eigenvalue weighted by Gasteiger charge is 2.42. The van der Waals surface area contributed by atoms with E-state index in [1.54, 1.807) is 6.20 Å². The number of carbonyl (C=O) groups excluding carboxylic acids is 1. The number of piperidine rings is 1. The van der Waals surface area contributed by atoms with Crippen molar-refractivity contribution in [3.05, 3.63) is 42.6 Å². The van der Waals surface area contributed by atoms with Crippen LogP contribution in [0.4, 0.5) is 11.4 Å². The summed E-state index contributed by atoms with van der Waals surface area (Å²) in [5.74, 6) is 1.48. The van der Waals surface area contributed by atoms with E-state index >= 15 is 0 Å². The fourth-order valence-corrected chi connectivity index (χ4v) is 5.51. The normalized spacial score (nSPS) is 20.1. The molecule has 0 N–H and O–H groups in total. The molecule has 0 atom stereocenters. The Morgan fingerprint density at radius 1 is 1.00 bits per heavy atom. The largest absolute Gasteiger partial charge is 0.494 e. The van der Waals surface area contributed by atoms with Crippen LogP contribution < -0.4 is 19.3 Å². The van der Waals surface area contributed by atoms with Gasteiger partial charge >= 0.3 is 0 Å². The zero-order valence-corrected chi connectivity index (χ0v) is 22.2. The number of morpholine rings is 1. The fourth-order valence-electron chi connectivity index (χ4n) is 5.51. The number of aromatic nitrogens is 1. The second-order valence-corrected chi connectivity index (χ2v) is 10.7. The maximum absolute atomic E-state index is 12.7. The molecule has 3 aliphatic heterocycles. The number of amides is 1. The summed E-state index contributed by atoms with van der Waals surface area (Å²) in [6.45, 7) is 10.7. The van der Waals surface area contributed by atoms with E-state index in [1.165, 1.54) is 31.6 Å². The van der Waals surface area contributed by atoms with Crippen molar-refractivity contribution in [2.45, 2.75) is 57.7 Å². The summed E-state index contributed by atoms with van der Waals surface area (Å²) in [6, 6.07) is 12.2. The first-order chi connectivity index (χ1) is 18.0. The molecule has 5 rings (SSSR count). The van der Waals surface area contributed by atoms with Crippen molar-refractivity contribution in [1.29, 1.82) is 0 Å². The van der Waals surface area contributed by atoms with Crippen LogP contribution in [0.25, 0.3) is 0 Å². The molecule has 37 heavy (non-hydrogen) atoms. The van der Waals surface area contributed by atoms with Crippen molar-refractivity contribution in [3.63, 3.8) is 0 Å². The molecule has 4 heterocycles. The predicted molar refractivity (Wildman–Crippen MR) is 145 cm³/mol. The van der Waals surface area contributed by atoms with Crippen LogP contribution in [0.2, 0.25) is 0 Å². The average molecular weight is 509 g/mol. The third-order valence-electron chi connectivity index (χ3n) is 7.60. The second-order valence-electron chi connectivity index (χ2n) is 10.7. The summed E-state index contributed by atoms with van der Waals surface area (Å²) in [6.07, 6.45) is 7.26. The zero-order valence-electron chi connectivity index (χ0n) is 22.2. The number of ether oxygens (including phenoxy) is 3. The third-order valence-corrected chi connectivity index (χ3v) is 7.60. The van der Waals surface area contributed by atoms with Gasteiger partial charge in [-0.05, 0) is 89.4 Å². The van der Waals surface area contributed by atoms with E-state index in [4.69, 9.17) is 14.2 Å². The van der Waals surface area contributed by atoms with Crippen LogP contribution in [0.1, 0.15) is 46.0 Å². The highest BCUT2D eigenvalue weighted by atomic mass is 16.5. The standard InChI is InChI=1S/C29H40N4O4/c1-23(2)37-27-11-8-25(20-30-27)33-22-29(36-21-28(33)34)12-17-32(18-13-29)24-6-9-26(10-7-24)35-19-5-16-31-14-3-4-15-31/h6-11,20,23H,3-5,12-19,21-22H2,1-2H3. The van der Waals surface area contributed by atoms with Gasteiger partial charge in [0.15, 0.2) is 0 Å². The minimum absolute atomic E-state index is 0.0246. The summed E-state index contributed by atoms with van der Waals surface area (Å²) in [7, 11) is 0. The van der Waals surface area contributed by atoms with Gasteiger partial charge in [-0.1, -0.05) is 0 Å². The Bertz CT molecular complexity index is 1010. The number of hydrogen-bond donors (Lipinski definition) is 0. The van der Waals surface area contributed by atoms with Crippen molar-refractivity contribution < 1.29 is 19.0 Å². The minimum atomic E-state index is -0.324. The smallest absolute Gasteiger partial charge is 0.253 e. The molecule has 2 aromatic rings. The number of hydrogen-bond acceptors (Lipinski definition) is 7. The zero-order chi connectivity index (χ0) is 25.7. The Morgan fingerprint density at radius 2 is 1.73 bits per heavy atom. The molecule has 0 unspecified atom stereocenters. The lowest BCUT2D eigenvalue weighted by Crippen LogP contribution is -2.59. The van der Waals surface area contributed by atoms with Gasteiger partial charge in [-0.2, -0.15) is 0 Å². The summed E-state index contributed by atoms with van der Waals surface area (Å²) >= 11 is 0. The van der Waals surface area contributed by atoms with Crippen LogP contribution in [0.3, 0.4) is 0 Å². The maximum Gasteiger partial charge on any atom is 0.253 e. The molecule has 3 fully saturated rings. The van der Waals surface area contributed by atoms with Crippen LogP contribution in [-0.2, 0) is 9.53 Å². The molecule has 1 aromatic carbocycles. The van der Waals surface area contributed by atoms with Gasteiger partial charge in [0.25, 0.3) is 5.91 Å². The summed E-state index contributed by atoms with van der Waals surface area (Å²) in [4.78, 5) is 23.8. The fraction of sp³-hybridized carbons (Fsp3) is 0.586. The number of pyridine rings is 1. The number of rotatable bonds is 9. The molecule has 0 bridgehead atoms. The highest BCUT2D eigenvalue weighted by Crippen LogP contribution is 2.35. The van der Waals surface area contributed by atoms with Gasteiger partial charge in [-0.25, -0.2) is 4.98 Å². The molecule has 0 saturated carbocycles. The van der Waals surface area contributed by atoms with Gasteiger partial charge in [0.1, 0.15) is 12.4 Å². The Hall–Kier alpha value is -2.84. The Morgan fingerprint density at radius 3 is 2.41 bits per heavy atom. The molecule has 8 nitrogen and oxygen atoms in total. The molecule has 200 valence electrons. The van der Waals surface area contributed by atoms with Gasteiger partial charge in [0, 0.05) is 31.4 Å². The molecule has 1 spiro atoms. The van der Waals surface area contributed by atoms with Crippen LogP contribution in [0.15, 0.2) is 42.6 Å². The minimum Gasteiger partial charge on any atom is -0.494 e. The molecule has 3 aliphatic rings. The lowest BCUT2D eigenvalue weighted by Gasteiger charge is -2.47. The molecule has 0 aliphatic carbocycles. The van der Waals surface area contributed by atoms with Gasteiger partial charge in [-0.15, -0.1) is 0 Å². The number of carbonyl (C=O) groups is 1. The first-order valence-corrected chi connectivity index (χ1v) is 13.8. The van der Waals surface area contributed by atoms with Crippen molar-refractivity contribution >= 4 is 17.3 Å². The molecule has 1 aromatic heterocycles. The predicted octanol–water partition coefficient (Wildman–Crippen LogP) is 4.14. The molecular weight excluding hydrogens is 468 g/mol. The summed E-state index contributed by atoms with van der Waals surface area (Å²) in [5.41, 5.74) is 1.67. The van der Waals surface area contributed by atoms with Gasteiger partial charge < -0.3 is 28.9 Å². The Kier molecular flexibility index (Phi) is 8.15. The molecule has 8 heteroatoms. The number of benzene rings is 1. The van der Waals surface area contributed by atoms with Gasteiger partial charge in [0.05, 0.1) is 36.7 Å². The van der Waals surface area contributed by atoms with E-state index in [0.717, 1.165) is 56.9 Å². The first-order valence-electron chi connectivity index (χ1n) is 13.8. The number of anilines is 2. The maximum atomic E-state index is 12.7. The lowest BCUT2D eigenvalue weighted by molar-refractivity contribution is -0.141. The van der Waals surface area contributed by atoms with E-state index in [0.29, 0.717) is 12.4 Å². The van der Waals surface area contributed by atoms with Crippen LogP contribution >= 0.6 is 0 Å². The van der Waals surface area contributed by atoms with Crippen molar-refractivity contribution in [3.8, 4) is 11.6 Å². The lowest BCUT2D eigenvalue weighted by atomic mass is 9.88. The summed E-state index contributed by atoms with van der Waals surface area (Å²) in [5, 5.41) is 0. The van der Waals surface area contributed by atoms with E-state index in [1.807, 2.05) is 30.9 Å².